The molecule has 4 atom stereocenters. The minimum Gasteiger partial charge on any atom is -0.405 e. The second kappa shape index (κ2) is 23.0. The molecule has 4 aromatic rings. The quantitative estimate of drug-likeness (QED) is 0.0220. The number of rotatable bonds is 17. The lowest BCUT2D eigenvalue weighted by Crippen LogP contribution is -2.67. The molecule has 2 aliphatic rings. The Balaban J connectivity index is 0.000000260. The van der Waals surface area contributed by atoms with Gasteiger partial charge in [-0.25, -0.2) is 17.6 Å². The third-order valence-electron chi connectivity index (χ3n) is 11.7. The van der Waals surface area contributed by atoms with Gasteiger partial charge in [0.25, 0.3) is 28.5 Å². The van der Waals surface area contributed by atoms with E-state index in [0.29, 0.717) is 0 Å². The lowest BCUT2D eigenvalue weighted by Gasteiger charge is -2.44. The number of nitrogens with two attached hydrogens (primary N) is 1. The average Bonchev–Trinajstić information content (AvgIpc) is 3.31. The molecule has 0 aliphatic carbocycles. The summed E-state index contributed by atoms with van der Waals surface area (Å²) >= 11 is 0. The predicted molar refractivity (Wildman–Crippen MR) is 251 cm³/mol. The molecule has 0 saturated carbocycles. The molecule has 2 heterocycles. The zero-order valence-electron chi connectivity index (χ0n) is 39.2. The zero-order valence-corrected chi connectivity index (χ0v) is 42.0. The summed E-state index contributed by atoms with van der Waals surface area (Å²) in [4.78, 5) is 0. The van der Waals surface area contributed by atoms with Crippen molar-refractivity contribution in [2.75, 3.05) is 52.8 Å². The molecule has 2 N–H and O–H groups in total. The average molecular weight is 1030 g/mol. The van der Waals surface area contributed by atoms with Crippen molar-refractivity contribution < 1.29 is 71.1 Å². The SMILES string of the molecule is CC(C)(C)[Si](OCC1COC(C(F)(F)CN=NN)CO1)(c1ccccc1)c1ccccc1.CC(C)(C)[Si](OCC1COC(C(F)(F)COS(=O)(=O)C(F)(F)F)CO1)(c1ccccc1)c1ccccc1. The zero-order chi connectivity index (χ0) is 50.8. The number of halogens is 7. The molecule has 2 aliphatic heterocycles. The van der Waals surface area contributed by atoms with Crippen LogP contribution >= 0.6 is 0 Å². The van der Waals surface area contributed by atoms with E-state index in [2.05, 4.69) is 80.3 Å². The Labute approximate surface area is 401 Å². The number of hydrogen-bond donors (Lipinski definition) is 1. The molecule has 0 amide bonds. The molecule has 6 rings (SSSR count). The van der Waals surface area contributed by atoms with Gasteiger partial charge in [0.15, 0.2) is 0 Å². The molecule has 380 valence electrons. The molecule has 4 aromatic carbocycles. The summed E-state index contributed by atoms with van der Waals surface area (Å²) in [7, 11) is -11.8. The Bertz CT molecular complexity index is 2240. The van der Waals surface area contributed by atoms with Crippen molar-refractivity contribution in [2.24, 2.45) is 16.2 Å². The van der Waals surface area contributed by atoms with Gasteiger partial charge >= 0.3 is 15.6 Å². The lowest BCUT2D eigenvalue weighted by molar-refractivity contribution is -0.227. The van der Waals surface area contributed by atoms with Crippen LogP contribution in [0.25, 0.3) is 0 Å². The number of alkyl halides is 7. The summed E-state index contributed by atoms with van der Waals surface area (Å²) in [6, 6.07) is 39.9. The van der Waals surface area contributed by atoms with Crippen LogP contribution in [0.15, 0.2) is 132 Å². The number of ether oxygens (including phenoxy) is 4. The van der Waals surface area contributed by atoms with Crippen LogP contribution in [0.3, 0.4) is 0 Å². The van der Waals surface area contributed by atoms with Crippen molar-refractivity contribution in [2.45, 2.75) is 93.4 Å². The van der Waals surface area contributed by atoms with Gasteiger partial charge in [-0.15, -0.1) is 0 Å². The van der Waals surface area contributed by atoms with E-state index in [0.717, 1.165) is 20.7 Å². The Hall–Kier alpha value is -4.11. The topological polar surface area (TPSA) is 149 Å². The number of hydrogen-bond acceptors (Lipinski definition) is 11. The van der Waals surface area contributed by atoms with Crippen LogP contribution in [-0.4, -0.2) is 120 Å². The molecule has 0 spiro atoms. The van der Waals surface area contributed by atoms with E-state index in [-0.39, 0.29) is 43.1 Å². The van der Waals surface area contributed by atoms with Crippen LogP contribution < -0.4 is 26.6 Å². The van der Waals surface area contributed by atoms with E-state index in [1.54, 1.807) is 0 Å². The van der Waals surface area contributed by atoms with Crippen molar-refractivity contribution in [3.05, 3.63) is 121 Å². The summed E-state index contributed by atoms with van der Waals surface area (Å²) < 4.78 is 155. The Morgan fingerprint density at radius 2 is 0.884 bits per heavy atom. The Morgan fingerprint density at radius 1 is 0.551 bits per heavy atom. The highest BCUT2D eigenvalue weighted by Crippen LogP contribution is 2.39. The first-order valence-electron chi connectivity index (χ1n) is 22.0. The van der Waals surface area contributed by atoms with E-state index in [9.17, 15) is 39.2 Å². The first-order chi connectivity index (χ1) is 32.3. The fourth-order valence-corrected chi connectivity index (χ4v) is 17.9. The van der Waals surface area contributed by atoms with Gasteiger partial charge < -0.3 is 33.6 Å². The van der Waals surface area contributed by atoms with E-state index in [4.69, 9.17) is 33.6 Å². The van der Waals surface area contributed by atoms with Gasteiger partial charge in [0.2, 0.25) is 0 Å². The van der Waals surface area contributed by atoms with Gasteiger partial charge in [-0.3, -0.25) is 4.18 Å². The summed E-state index contributed by atoms with van der Waals surface area (Å²) in [5.74, 6) is -2.40. The molecule has 2 fully saturated rings. The lowest BCUT2D eigenvalue weighted by atomic mass is 10.2. The summed E-state index contributed by atoms with van der Waals surface area (Å²) in [5, 5.41) is 9.90. The van der Waals surface area contributed by atoms with Crippen molar-refractivity contribution in [3.8, 4) is 0 Å². The van der Waals surface area contributed by atoms with Crippen molar-refractivity contribution in [1.29, 1.82) is 0 Å². The second-order valence-electron chi connectivity index (χ2n) is 18.6. The normalized spacial score (nSPS) is 20.3. The fraction of sp³-hybridized carbons (Fsp3) is 0.489. The maximum absolute atomic E-state index is 14.3. The van der Waals surface area contributed by atoms with E-state index in [1.807, 2.05) is 97.1 Å². The first-order valence-corrected chi connectivity index (χ1v) is 27.3. The third kappa shape index (κ3) is 13.5. The molecule has 0 radical (unpaired) electrons. The monoisotopic (exact) mass is 1030 g/mol. The maximum Gasteiger partial charge on any atom is 0.523 e. The van der Waals surface area contributed by atoms with E-state index in [1.165, 1.54) is 0 Å². The van der Waals surface area contributed by atoms with E-state index < -0.39 is 88.3 Å². The van der Waals surface area contributed by atoms with E-state index >= 15 is 0 Å². The molecule has 69 heavy (non-hydrogen) atoms. The number of benzene rings is 4. The fourth-order valence-electron chi connectivity index (χ4n) is 8.28. The highest BCUT2D eigenvalue weighted by molar-refractivity contribution is 7.87. The van der Waals surface area contributed by atoms with Gasteiger partial charge in [0, 0.05) is 0 Å². The van der Waals surface area contributed by atoms with Gasteiger partial charge in [0.1, 0.15) is 37.6 Å². The van der Waals surface area contributed by atoms with Gasteiger partial charge in [0.05, 0.1) is 39.6 Å². The molecule has 0 aromatic heterocycles. The van der Waals surface area contributed by atoms with Crippen LogP contribution in [0.1, 0.15) is 41.5 Å². The van der Waals surface area contributed by atoms with Crippen molar-refractivity contribution in [3.63, 3.8) is 0 Å². The Kier molecular flexibility index (Phi) is 18.6. The summed E-state index contributed by atoms with van der Waals surface area (Å²) in [6.07, 6.45) is -4.55. The molecular weight excluding hydrogens is 972 g/mol. The van der Waals surface area contributed by atoms with Crippen LogP contribution in [-0.2, 0) is 42.1 Å². The van der Waals surface area contributed by atoms with Crippen molar-refractivity contribution in [1.82, 2.24) is 0 Å². The summed E-state index contributed by atoms with van der Waals surface area (Å²) in [6.45, 7) is 8.92. The van der Waals surface area contributed by atoms with Crippen LogP contribution in [0, 0.1) is 0 Å². The smallest absolute Gasteiger partial charge is 0.405 e. The third-order valence-corrected chi connectivity index (χ3v) is 22.7. The second-order valence-corrected chi connectivity index (χ2v) is 28.8. The standard InChI is InChI=1S/C24H29F5O6SSi.C23H31F2N3O3Si/c1-22(2,3)37(19-10-6-4-7-11-19,20-12-8-5-9-13-20)35-15-18-14-33-21(16-32-18)23(25,26)17-34-36(30,31)24(27,28)29;1-22(2,3)32(19-10-6-4-7-11-19,20-12-8-5-9-13-20)31-15-18-14-30-21(16-29-18)23(24,25)17-27-28-26/h4-13,18,21H,14-17H2,1-3H3;4-13,18,21H,14-17H2,1-3H3,(H2,26,27). The minimum absolute atomic E-state index is 0.0121. The Morgan fingerprint density at radius 3 is 1.16 bits per heavy atom. The van der Waals surface area contributed by atoms with Crippen LogP contribution in [0.5, 0.6) is 0 Å². The molecule has 4 unspecified atom stereocenters. The predicted octanol–water partition coefficient (Wildman–Crippen LogP) is 7.16. The van der Waals surface area contributed by atoms with Crippen molar-refractivity contribution >= 4 is 47.5 Å². The first kappa shape index (κ1) is 55.8. The van der Waals surface area contributed by atoms with Crippen LogP contribution in [0.2, 0.25) is 10.1 Å². The molecule has 2 saturated heterocycles. The minimum atomic E-state index is -6.16. The van der Waals surface area contributed by atoms with Gasteiger partial charge in [-0.2, -0.15) is 26.7 Å². The molecule has 12 nitrogen and oxygen atoms in total. The van der Waals surface area contributed by atoms with Gasteiger partial charge in [-0.05, 0) is 30.8 Å². The molecular formula is C47H60F7N3O9SSi2. The summed E-state index contributed by atoms with van der Waals surface area (Å²) in [5.41, 5.74) is -5.81. The highest BCUT2D eigenvalue weighted by Gasteiger charge is 2.54. The largest absolute Gasteiger partial charge is 0.523 e. The number of nitrogens with zero attached hydrogens (tertiary/aromatic N) is 2. The highest BCUT2D eigenvalue weighted by atomic mass is 32.2. The maximum atomic E-state index is 14.3. The molecule has 0 bridgehead atoms. The van der Waals surface area contributed by atoms with Gasteiger partial charge in [-0.1, -0.05) is 168 Å². The molecule has 22 heteroatoms. The van der Waals surface area contributed by atoms with Crippen LogP contribution in [0.4, 0.5) is 30.7 Å².